The van der Waals surface area contributed by atoms with Crippen LogP contribution in [0.3, 0.4) is 0 Å². The van der Waals surface area contributed by atoms with Crippen LogP contribution < -0.4 is 0 Å². The largest absolute Gasteiger partial charge is 0.256 e. The van der Waals surface area contributed by atoms with Gasteiger partial charge in [-0.2, -0.15) is 0 Å². The van der Waals surface area contributed by atoms with Gasteiger partial charge in [-0.05, 0) is 45.8 Å². The predicted molar refractivity (Wildman–Crippen MR) is 247 cm³/mol. The molecule has 0 saturated heterocycles. The van der Waals surface area contributed by atoms with E-state index in [9.17, 15) is 0 Å². The van der Waals surface area contributed by atoms with E-state index in [0.29, 0.717) is 10.2 Å². The Balaban J connectivity index is 0.000000120. The molecule has 0 unspecified atom stereocenters. The Bertz CT molecular complexity index is 2990. The number of fused-ring (bicyclic) bond motifs is 12. The van der Waals surface area contributed by atoms with E-state index in [1.807, 2.05) is 67.1 Å². The van der Waals surface area contributed by atoms with Gasteiger partial charge in [0.25, 0.3) is 0 Å². The molecule has 0 N–H and O–H groups in total. The molecule has 4 heterocycles. The maximum absolute atomic E-state index is 5.94. The predicted octanol–water partition coefficient (Wildman–Crippen LogP) is 14.9. The molecule has 2 radical (unpaired) electrons. The summed E-state index contributed by atoms with van der Waals surface area (Å²) in [6, 6.07) is 64.0. The van der Waals surface area contributed by atoms with Crippen molar-refractivity contribution in [1.82, 2.24) is 19.9 Å². The first-order chi connectivity index (χ1) is 28.6. The fourth-order valence-electron chi connectivity index (χ4n) is 7.31. The van der Waals surface area contributed by atoms with Crippen molar-refractivity contribution >= 4 is 110 Å². The molecule has 0 bridgehead atoms. The Morgan fingerprint density at radius 2 is 0.567 bits per heavy atom. The molecule has 8 heteroatoms. The van der Waals surface area contributed by atoms with E-state index in [-0.39, 0.29) is 40.2 Å². The van der Waals surface area contributed by atoms with Crippen LogP contribution in [-0.2, 0) is 40.2 Å². The van der Waals surface area contributed by atoms with Gasteiger partial charge in [0, 0.05) is 102 Å². The molecular weight excluding hydrogens is 1140 g/mol. The molecular formula is C52H34Cl2Ir2N4. The summed E-state index contributed by atoms with van der Waals surface area (Å²) in [6.07, 6.45) is 5.53. The van der Waals surface area contributed by atoms with Crippen molar-refractivity contribution < 1.29 is 40.2 Å². The molecule has 294 valence electrons. The Morgan fingerprint density at radius 1 is 0.283 bits per heavy atom. The second-order valence-corrected chi connectivity index (χ2v) is 14.5. The SMILES string of the molecule is Clc1cc2ccc3ccccc3c2nc1Cl.[Ir].[Ir].c1ccc2c(c1)ccc1cccnc12.c1ccc2c(c1)ccc1cccnc12.c1ccc2c(c1)ccc1cccnc12. The van der Waals surface area contributed by atoms with Crippen molar-refractivity contribution in [1.29, 1.82) is 0 Å². The van der Waals surface area contributed by atoms with E-state index in [2.05, 4.69) is 159 Å². The van der Waals surface area contributed by atoms with Gasteiger partial charge in [0.05, 0.1) is 27.1 Å². The summed E-state index contributed by atoms with van der Waals surface area (Å²) in [4.78, 5) is 17.6. The summed E-state index contributed by atoms with van der Waals surface area (Å²) in [5, 5.41) is 15.1. The van der Waals surface area contributed by atoms with Gasteiger partial charge in [-0.1, -0.05) is 187 Å². The van der Waals surface area contributed by atoms with E-state index in [4.69, 9.17) is 23.2 Å². The van der Waals surface area contributed by atoms with Crippen LogP contribution in [-0.4, -0.2) is 19.9 Å². The molecule has 0 saturated carbocycles. The number of pyridine rings is 4. The zero-order chi connectivity index (χ0) is 39.3. The molecule has 60 heavy (non-hydrogen) atoms. The van der Waals surface area contributed by atoms with Crippen LogP contribution >= 0.6 is 23.2 Å². The Hall–Kier alpha value is -5.68. The monoisotopic (exact) mass is 1170 g/mol. The number of aromatic nitrogens is 4. The van der Waals surface area contributed by atoms with E-state index < -0.39 is 0 Å². The van der Waals surface area contributed by atoms with E-state index in [1.54, 1.807) is 0 Å². The van der Waals surface area contributed by atoms with Gasteiger partial charge in [-0.3, -0.25) is 15.0 Å². The van der Waals surface area contributed by atoms with Crippen molar-refractivity contribution in [3.63, 3.8) is 0 Å². The average Bonchev–Trinajstić information content (AvgIpc) is 3.30. The maximum atomic E-state index is 5.94. The molecule has 0 spiro atoms. The minimum Gasteiger partial charge on any atom is -0.256 e. The van der Waals surface area contributed by atoms with Crippen LogP contribution in [0.4, 0.5) is 0 Å². The van der Waals surface area contributed by atoms with Crippen molar-refractivity contribution in [3.8, 4) is 0 Å². The maximum Gasteiger partial charge on any atom is 0.148 e. The quantitative estimate of drug-likeness (QED) is 0.112. The summed E-state index contributed by atoms with van der Waals surface area (Å²) in [5.74, 6) is 0. The third-order valence-corrected chi connectivity index (χ3v) is 10.8. The van der Waals surface area contributed by atoms with Crippen LogP contribution in [0.1, 0.15) is 0 Å². The Kier molecular flexibility index (Phi) is 13.9. The standard InChI is InChI=1S/C13H7Cl2N.3C13H9N.2Ir/c14-11-7-9-6-5-8-3-1-2-4-10(8)12(9)16-13(11)15;3*1-2-6-12-10(4-1)7-8-11-5-3-9-14-13(11)12;;/h1-7H;3*1-9H;;. The molecule has 0 aliphatic carbocycles. The first-order valence-electron chi connectivity index (χ1n) is 18.9. The van der Waals surface area contributed by atoms with Crippen LogP contribution in [0, 0.1) is 0 Å². The van der Waals surface area contributed by atoms with Crippen LogP contribution in [0.5, 0.6) is 0 Å². The first-order valence-corrected chi connectivity index (χ1v) is 19.7. The summed E-state index contributed by atoms with van der Waals surface area (Å²) < 4.78 is 0. The molecule has 12 aromatic rings. The summed E-state index contributed by atoms with van der Waals surface area (Å²) in [6.45, 7) is 0. The van der Waals surface area contributed by atoms with Gasteiger partial charge in [0.15, 0.2) is 0 Å². The smallest absolute Gasteiger partial charge is 0.148 e. The van der Waals surface area contributed by atoms with Crippen molar-refractivity contribution in [3.05, 3.63) is 217 Å². The summed E-state index contributed by atoms with van der Waals surface area (Å²) in [5.41, 5.74) is 4.16. The summed E-state index contributed by atoms with van der Waals surface area (Å²) in [7, 11) is 0. The van der Waals surface area contributed by atoms with Gasteiger partial charge < -0.3 is 0 Å². The molecule has 12 rings (SSSR count). The number of nitrogens with zero attached hydrogens (tertiary/aromatic N) is 4. The Morgan fingerprint density at radius 3 is 0.933 bits per heavy atom. The molecule has 4 aromatic heterocycles. The molecule has 8 aromatic carbocycles. The molecule has 0 atom stereocenters. The second-order valence-electron chi connectivity index (χ2n) is 13.7. The number of halogens is 2. The minimum absolute atomic E-state index is 0. The average molecular weight is 1170 g/mol. The van der Waals surface area contributed by atoms with Crippen molar-refractivity contribution in [2.75, 3.05) is 0 Å². The minimum atomic E-state index is 0. The number of hydrogen-bond donors (Lipinski definition) is 0. The summed E-state index contributed by atoms with van der Waals surface area (Å²) >= 11 is 11.9. The van der Waals surface area contributed by atoms with Crippen LogP contribution in [0.25, 0.3) is 86.7 Å². The molecule has 0 aliphatic heterocycles. The third kappa shape index (κ3) is 9.06. The van der Waals surface area contributed by atoms with Gasteiger partial charge in [0.1, 0.15) is 5.15 Å². The van der Waals surface area contributed by atoms with Crippen LogP contribution in [0.2, 0.25) is 10.2 Å². The van der Waals surface area contributed by atoms with Gasteiger partial charge >= 0.3 is 0 Å². The number of rotatable bonds is 0. The van der Waals surface area contributed by atoms with E-state index in [1.165, 1.54) is 48.5 Å². The van der Waals surface area contributed by atoms with Gasteiger partial charge in [-0.15, -0.1) is 0 Å². The topological polar surface area (TPSA) is 51.6 Å². The van der Waals surface area contributed by atoms with Crippen LogP contribution in [0.15, 0.2) is 207 Å². The third-order valence-electron chi connectivity index (χ3n) is 10.1. The second kappa shape index (κ2) is 19.6. The first kappa shape index (κ1) is 42.4. The van der Waals surface area contributed by atoms with E-state index >= 15 is 0 Å². The number of benzene rings is 8. The van der Waals surface area contributed by atoms with E-state index in [0.717, 1.165) is 38.2 Å². The molecule has 0 aliphatic rings. The zero-order valence-corrected chi connectivity index (χ0v) is 38.1. The van der Waals surface area contributed by atoms with Crippen molar-refractivity contribution in [2.45, 2.75) is 0 Å². The molecule has 4 nitrogen and oxygen atoms in total. The Labute approximate surface area is 384 Å². The zero-order valence-electron chi connectivity index (χ0n) is 31.8. The fraction of sp³-hybridized carbons (Fsp3) is 0. The number of hydrogen-bond acceptors (Lipinski definition) is 4. The van der Waals surface area contributed by atoms with Gasteiger partial charge in [0.2, 0.25) is 0 Å². The molecule has 0 fully saturated rings. The van der Waals surface area contributed by atoms with Crippen molar-refractivity contribution in [2.24, 2.45) is 0 Å². The fourth-order valence-corrected chi connectivity index (χ4v) is 7.60. The molecule has 0 amide bonds. The van der Waals surface area contributed by atoms with Gasteiger partial charge in [-0.25, -0.2) is 4.98 Å². The normalized spacial score (nSPS) is 10.6.